The van der Waals surface area contributed by atoms with E-state index in [1.54, 1.807) is 12.1 Å². The SMILES string of the molecule is Fc1cccc(-c2c(Cl)c(Cl)cc(Cl)c2Cl)c1. The number of rotatable bonds is 1. The van der Waals surface area contributed by atoms with Crippen LogP contribution in [0.25, 0.3) is 11.1 Å². The van der Waals surface area contributed by atoms with Crippen LogP contribution in [0.15, 0.2) is 30.3 Å². The van der Waals surface area contributed by atoms with Crippen molar-refractivity contribution in [2.24, 2.45) is 0 Å². The van der Waals surface area contributed by atoms with Gasteiger partial charge in [-0.2, -0.15) is 0 Å². The summed E-state index contributed by atoms with van der Waals surface area (Å²) in [5.74, 6) is -0.384. The van der Waals surface area contributed by atoms with E-state index in [0.29, 0.717) is 11.1 Å². The Morgan fingerprint density at radius 1 is 0.824 bits per heavy atom. The monoisotopic (exact) mass is 308 g/mol. The van der Waals surface area contributed by atoms with E-state index in [9.17, 15) is 4.39 Å². The van der Waals surface area contributed by atoms with Crippen molar-refractivity contribution in [3.05, 3.63) is 56.2 Å². The molecule has 0 aromatic heterocycles. The van der Waals surface area contributed by atoms with Gasteiger partial charge in [0.15, 0.2) is 0 Å². The van der Waals surface area contributed by atoms with Crippen LogP contribution in [0.1, 0.15) is 0 Å². The summed E-state index contributed by atoms with van der Waals surface area (Å²) in [6.45, 7) is 0. The summed E-state index contributed by atoms with van der Waals surface area (Å²) in [4.78, 5) is 0. The van der Waals surface area contributed by atoms with E-state index in [4.69, 9.17) is 46.4 Å². The number of hydrogen-bond acceptors (Lipinski definition) is 0. The molecule has 0 saturated heterocycles. The predicted octanol–water partition coefficient (Wildman–Crippen LogP) is 6.11. The Hall–Kier alpha value is -0.470. The minimum absolute atomic E-state index is 0.256. The van der Waals surface area contributed by atoms with Crippen molar-refractivity contribution >= 4 is 46.4 Å². The maximum atomic E-state index is 13.2. The summed E-state index contributed by atoms with van der Waals surface area (Å²) in [5.41, 5.74) is 0.967. The first-order valence-corrected chi connectivity index (χ1v) is 6.11. The van der Waals surface area contributed by atoms with Gasteiger partial charge in [-0.3, -0.25) is 0 Å². The highest BCUT2D eigenvalue weighted by Gasteiger charge is 2.15. The normalized spacial score (nSPS) is 10.6. The van der Waals surface area contributed by atoms with Crippen LogP contribution >= 0.6 is 46.4 Å². The molecule has 5 heteroatoms. The summed E-state index contributed by atoms with van der Waals surface area (Å²) < 4.78 is 13.2. The maximum Gasteiger partial charge on any atom is 0.123 e. The minimum Gasteiger partial charge on any atom is -0.207 e. The quantitative estimate of drug-likeness (QED) is 0.558. The Morgan fingerprint density at radius 3 is 1.94 bits per heavy atom. The lowest BCUT2D eigenvalue weighted by Gasteiger charge is -2.10. The van der Waals surface area contributed by atoms with Crippen molar-refractivity contribution in [3.63, 3.8) is 0 Å². The molecule has 0 bridgehead atoms. The molecule has 0 aliphatic heterocycles. The third-order valence-electron chi connectivity index (χ3n) is 2.23. The Balaban J connectivity index is 2.75. The van der Waals surface area contributed by atoms with Crippen molar-refractivity contribution in [1.82, 2.24) is 0 Å². The third-order valence-corrected chi connectivity index (χ3v) is 3.80. The largest absolute Gasteiger partial charge is 0.207 e. The molecule has 2 aromatic rings. The van der Waals surface area contributed by atoms with Gasteiger partial charge in [-0.15, -0.1) is 0 Å². The van der Waals surface area contributed by atoms with Crippen LogP contribution < -0.4 is 0 Å². The second kappa shape index (κ2) is 5.03. The summed E-state index contributed by atoms with van der Waals surface area (Å²) >= 11 is 23.9. The summed E-state index contributed by atoms with van der Waals surface area (Å²) in [5, 5.41) is 1.07. The van der Waals surface area contributed by atoms with Gasteiger partial charge < -0.3 is 0 Å². The Bertz CT molecular complexity index is 555. The van der Waals surface area contributed by atoms with Crippen LogP contribution in [0, 0.1) is 5.82 Å². The Labute approximate surface area is 118 Å². The van der Waals surface area contributed by atoms with E-state index < -0.39 is 0 Å². The van der Waals surface area contributed by atoms with Gasteiger partial charge in [0.05, 0.1) is 20.1 Å². The molecule has 0 aliphatic rings. The predicted molar refractivity (Wildman–Crippen MR) is 71.9 cm³/mol. The van der Waals surface area contributed by atoms with Crippen LogP contribution in [0.3, 0.4) is 0 Å². The van der Waals surface area contributed by atoms with Crippen molar-refractivity contribution < 1.29 is 4.39 Å². The standard InChI is InChI=1S/C12H5Cl4F/c13-8-5-9(14)12(16)10(11(8)15)6-2-1-3-7(17)4-6/h1-5H. The molecule has 0 fully saturated rings. The molecule has 17 heavy (non-hydrogen) atoms. The molecule has 0 nitrogen and oxygen atoms in total. The van der Waals surface area contributed by atoms with E-state index >= 15 is 0 Å². The van der Waals surface area contributed by atoms with E-state index in [1.165, 1.54) is 18.2 Å². The van der Waals surface area contributed by atoms with E-state index in [0.717, 1.165) is 0 Å². The van der Waals surface area contributed by atoms with Gasteiger partial charge in [0.25, 0.3) is 0 Å². The second-order valence-electron chi connectivity index (χ2n) is 3.35. The van der Waals surface area contributed by atoms with Gasteiger partial charge in [0.1, 0.15) is 5.82 Å². The molecule has 88 valence electrons. The lowest BCUT2D eigenvalue weighted by molar-refractivity contribution is 0.628. The molecule has 0 atom stereocenters. The first-order chi connectivity index (χ1) is 8.00. The van der Waals surface area contributed by atoms with Crippen LogP contribution in [0.2, 0.25) is 20.1 Å². The van der Waals surface area contributed by atoms with E-state index in [-0.39, 0.29) is 25.9 Å². The molecule has 0 aliphatic carbocycles. The van der Waals surface area contributed by atoms with Crippen molar-refractivity contribution in [1.29, 1.82) is 0 Å². The number of benzene rings is 2. The molecule has 2 rings (SSSR count). The molecule has 0 amide bonds. The molecule has 0 heterocycles. The smallest absolute Gasteiger partial charge is 0.123 e. The average molecular weight is 310 g/mol. The second-order valence-corrected chi connectivity index (χ2v) is 4.92. The van der Waals surface area contributed by atoms with E-state index in [1.807, 2.05) is 0 Å². The average Bonchev–Trinajstić information content (AvgIpc) is 2.27. The molecule has 0 unspecified atom stereocenters. The topological polar surface area (TPSA) is 0 Å². The summed E-state index contributed by atoms with van der Waals surface area (Å²) in [7, 11) is 0. The zero-order valence-electron chi connectivity index (χ0n) is 8.28. The maximum absolute atomic E-state index is 13.2. The molecule has 0 saturated carbocycles. The fourth-order valence-corrected chi connectivity index (χ4v) is 2.50. The van der Waals surface area contributed by atoms with E-state index in [2.05, 4.69) is 0 Å². The summed E-state index contributed by atoms with van der Waals surface area (Å²) in [6, 6.07) is 7.35. The lowest BCUT2D eigenvalue weighted by Crippen LogP contribution is -1.85. The highest BCUT2D eigenvalue weighted by Crippen LogP contribution is 2.43. The highest BCUT2D eigenvalue weighted by atomic mass is 35.5. The van der Waals surface area contributed by atoms with Gasteiger partial charge in [0.2, 0.25) is 0 Å². The highest BCUT2D eigenvalue weighted by molar-refractivity contribution is 6.50. The summed E-state index contributed by atoms with van der Waals surface area (Å²) in [6.07, 6.45) is 0. The molecular weight excluding hydrogens is 305 g/mol. The van der Waals surface area contributed by atoms with Crippen molar-refractivity contribution in [2.75, 3.05) is 0 Å². The lowest BCUT2D eigenvalue weighted by atomic mass is 10.1. The fraction of sp³-hybridized carbons (Fsp3) is 0. The van der Waals surface area contributed by atoms with Crippen LogP contribution in [-0.4, -0.2) is 0 Å². The van der Waals surface area contributed by atoms with Gasteiger partial charge in [-0.05, 0) is 23.8 Å². The Morgan fingerprint density at radius 2 is 1.41 bits per heavy atom. The molecule has 0 spiro atoms. The zero-order valence-corrected chi connectivity index (χ0v) is 11.3. The van der Waals surface area contributed by atoms with Gasteiger partial charge in [0, 0.05) is 5.56 Å². The molecule has 0 radical (unpaired) electrons. The first-order valence-electron chi connectivity index (χ1n) is 4.59. The van der Waals surface area contributed by atoms with Crippen LogP contribution in [0.5, 0.6) is 0 Å². The number of halogens is 5. The first kappa shape index (κ1) is 13.0. The van der Waals surface area contributed by atoms with Crippen LogP contribution in [0.4, 0.5) is 4.39 Å². The molecular formula is C12H5Cl4F. The van der Waals surface area contributed by atoms with Crippen molar-refractivity contribution in [2.45, 2.75) is 0 Å². The number of hydrogen-bond donors (Lipinski definition) is 0. The minimum atomic E-state index is -0.384. The third kappa shape index (κ3) is 2.53. The van der Waals surface area contributed by atoms with Gasteiger partial charge >= 0.3 is 0 Å². The van der Waals surface area contributed by atoms with Crippen LogP contribution in [-0.2, 0) is 0 Å². The van der Waals surface area contributed by atoms with Gasteiger partial charge in [-0.1, -0.05) is 58.5 Å². The Kier molecular flexibility index (Phi) is 3.84. The van der Waals surface area contributed by atoms with Gasteiger partial charge in [-0.25, -0.2) is 4.39 Å². The fourth-order valence-electron chi connectivity index (χ4n) is 1.47. The van der Waals surface area contributed by atoms with Crippen molar-refractivity contribution in [3.8, 4) is 11.1 Å². The molecule has 0 N–H and O–H groups in total. The zero-order chi connectivity index (χ0) is 12.6. The molecule has 2 aromatic carbocycles.